The molecule has 1 heterocycles. The second-order valence-electron chi connectivity index (χ2n) is 8.02. The van der Waals surface area contributed by atoms with Crippen LogP contribution < -0.4 is 0 Å². The molecule has 1 saturated heterocycles. The van der Waals surface area contributed by atoms with Gasteiger partial charge >= 0.3 is 6.09 Å². The second kappa shape index (κ2) is 6.19. The summed E-state index contributed by atoms with van der Waals surface area (Å²) < 4.78 is 11.4. The highest BCUT2D eigenvalue weighted by atomic mass is 16.6. The van der Waals surface area contributed by atoms with Gasteiger partial charge in [-0.25, -0.2) is 4.79 Å². The van der Waals surface area contributed by atoms with Crippen LogP contribution in [0.3, 0.4) is 0 Å². The lowest BCUT2D eigenvalue weighted by atomic mass is 9.90. The zero-order valence-electron chi connectivity index (χ0n) is 14.4. The highest BCUT2D eigenvalue weighted by molar-refractivity contribution is 5.70. The van der Waals surface area contributed by atoms with E-state index in [1.54, 1.807) is 4.90 Å². The molecule has 5 heteroatoms. The second-order valence-corrected chi connectivity index (χ2v) is 8.02. The van der Waals surface area contributed by atoms with Gasteiger partial charge in [-0.2, -0.15) is 0 Å². The molecule has 0 aromatic heterocycles. The summed E-state index contributed by atoms with van der Waals surface area (Å²) in [4.78, 5) is 25.4. The van der Waals surface area contributed by atoms with Gasteiger partial charge in [0.15, 0.2) is 0 Å². The number of aldehydes is 1. The fourth-order valence-corrected chi connectivity index (χ4v) is 3.16. The fraction of sp³-hybridized carbons (Fsp3) is 0.882. The molecule has 0 aromatic carbocycles. The Labute approximate surface area is 133 Å². The van der Waals surface area contributed by atoms with Crippen molar-refractivity contribution >= 4 is 12.4 Å². The first-order valence-corrected chi connectivity index (χ1v) is 8.24. The molecule has 0 unspecified atom stereocenters. The Morgan fingerprint density at radius 3 is 2.55 bits per heavy atom. The van der Waals surface area contributed by atoms with Crippen LogP contribution in [-0.4, -0.2) is 41.3 Å². The molecule has 1 amide bonds. The Morgan fingerprint density at radius 1 is 1.41 bits per heavy atom. The Bertz CT molecular complexity index is 423. The van der Waals surface area contributed by atoms with E-state index < -0.39 is 11.3 Å². The van der Waals surface area contributed by atoms with E-state index in [4.69, 9.17) is 9.47 Å². The Hall–Kier alpha value is -1.10. The maximum absolute atomic E-state index is 12.6. The number of nitrogens with zero attached hydrogens (tertiary/aromatic N) is 1. The average Bonchev–Trinajstić information content (AvgIpc) is 3.09. The number of rotatable bonds is 5. The molecule has 1 saturated carbocycles. The summed E-state index contributed by atoms with van der Waals surface area (Å²) >= 11 is 0. The lowest BCUT2D eigenvalue weighted by Gasteiger charge is -2.37. The molecule has 0 spiro atoms. The van der Waals surface area contributed by atoms with Crippen molar-refractivity contribution in [3.05, 3.63) is 0 Å². The van der Waals surface area contributed by atoms with E-state index in [9.17, 15) is 9.59 Å². The third-order valence-corrected chi connectivity index (χ3v) is 4.39. The third kappa shape index (κ3) is 4.22. The minimum Gasteiger partial charge on any atom is -0.444 e. The monoisotopic (exact) mass is 311 g/mol. The maximum atomic E-state index is 12.6. The lowest BCUT2D eigenvalue weighted by molar-refractivity contribution is -0.109. The summed E-state index contributed by atoms with van der Waals surface area (Å²) in [6, 6.07) is -0.0874. The molecule has 22 heavy (non-hydrogen) atoms. The molecular weight excluding hydrogens is 282 g/mol. The molecule has 0 N–H and O–H groups in total. The summed E-state index contributed by atoms with van der Waals surface area (Å²) in [5.74, 6) is 0.855. The molecule has 2 atom stereocenters. The predicted molar refractivity (Wildman–Crippen MR) is 83.4 cm³/mol. The van der Waals surface area contributed by atoms with Crippen LogP contribution in [0.25, 0.3) is 0 Å². The summed E-state index contributed by atoms with van der Waals surface area (Å²) in [6.07, 6.45) is 4.54. The third-order valence-electron chi connectivity index (χ3n) is 4.39. The van der Waals surface area contributed by atoms with Gasteiger partial charge < -0.3 is 14.3 Å². The standard InChI is InChI=1S/C17H29NO4/c1-16(2,3)22-15(20)18-14(11-21-17(18,4)5)13(8-9-19)10-12-6-7-12/h9,12-14H,6-8,10-11H2,1-5H3/t13-,14-/m0/s1. The first-order valence-electron chi connectivity index (χ1n) is 8.24. The molecular formula is C17H29NO4. The molecule has 5 nitrogen and oxygen atoms in total. The molecule has 0 bridgehead atoms. The van der Waals surface area contributed by atoms with Crippen LogP contribution in [0.15, 0.2) is 0 Å². The van der Waals surface area contributed by atoms with Crippen molar-refractivity contribution in [3.63, 3.8) is 0 Å². The van der Waals surface area contributed by atoms with Gasteiger partial charge in [0.2, 0.25) is 0 Å². The largest absolute Gasteiger partial charge is 0.444 e. The van der Waals surface area contributed by atoms with Crippen molar-refractivity contribution in [3.8, 4) is 0 Å². The van der Waals surface area contributed by atoms with Crippen LogP contribution in [0, 0.1) is 11.8 Å². The molecule has 2 aliphatic rings. The first-order chi connectivity index (χ1) is 10.1. The van der Waals surface area contributed by atoms with Gasteiger partial charge in [0.1, 0.15) is 17.6 Å². The number of amides is 1. The van der Waals surface area contributed by atoms with Crippen molar-refractivity contribution in [2.45, 2.75) is 77.7 Å². The van der Waals surface area contributed by atoms with Gasteiger partial charge in [0.05, 0.1) is 12.6 Å². The number of carbonyl (C=O) groups excluding carboxylic acids is 2. The number of ether oxygens (including phenoxy) is 2. The molecule has 2 rings (SSSR count). The fourth-order valence-electron chi connectivity index (χ4n) is 3.16. The molecule has 0 radical (unpaired) electrons. The van der Waals surface area contributed by atoms with E-state index in [1.807, 2.05) is 34.6 Å². The summed E-state index contributed by atoms with van der Waals surface area (Å²) in [5, 5.41) is 0. The van der Waals surface area contributed by atoms with E-state index in [2.05, 4.69) is 0 Å². The van der Waals surface area contributed by atoms with Crippen LogP contribution in [-0.2, 0) is 14.3 Å². The smallest absolute Gasteiger partial charge is 0.412 e. The summed E-state index contributed by atoms with van der Waals surface area (Å²) in [5.41, 5.74) is -1.24. The predicted octanol–water partition coefficient (Wildman–Crippen LogP) is 3.36. The van der Waals surface area contributed by atoms with Crippen LogP contribution in [0.4, 0.5) is 4.79 Å². The lowest BCUT2D eigenvalue weighted by Crippen LogP contribution is -2.52. The van der Waals surface area contributed by atoms with E-state index in [-0.39, 0.29) is 18.1 Å². The molecule has 2 fully saturated rings. The van der Waals surface area contributed by atoms with Crippen LogP contribution >= 0.6 is 0 Å². The highest BCUT2D eigenvalue weighted by Crippen LogP contribution is 2.41. The summed E-state index contributed by atoms with van der Waals surface area (Å²) in [6.45, 7) is 9.81. The van der Waals surface area contributed by atoms with Gasteiger partial charge in [-0.3, -0.25) is 4.90 Å². The first kappa shape index (κ1) is 17.3. The SMILES string of the molecule is CC(C)(C)OC(=O)N1[C@H]([C@@H](CC=O)CC2CC2)COC1(C)C. The number of hydrogen-bond acceptors (Lipinski definition) is 4. The normalized spacial score (nSPS) is 25.9. The quantitative estimate of drug-likeness (QED) is 0.731. The van der Waals surface area contributed by atoms with Crippen molar-refractivity contribution in [2.75, 3.05) is 6.61 Å². The molecule has 0 aromatic rings. The van der Waals surface area contributed by atoms with E-state index >= 15 is 0 Å². The number of hydrogen-bond donors (Lipinski definition) is 0. The Morgan fingerprint density at radius 2 is 2.05 bits per heavy atom. The Balaban J connectivity index is 2.16. The number of carbonyl (C=O) groups is 2. The van der Waals surface area contributed by atoms with Crippen LogP contribution in [0.2, 0.25) is 0 Å². The van der Waals surface area contributed by atoms with Crippen molar-refractivity contribution in [1.82, 2.24) is 4.90 Å². The average molecular weight is 311 g/mol. The van der Waals surface area contributed by atoms with Crippen molar-refractivity contribution in [1.29, 1.82) is 0 Å². The van der Waals surface area contributed by atoms with Crippen molar-refractivity contribution < 1.29 is 19.1 Å². The van der Waals surface area contributed by atoms with Crippen LogP contribution in [0.5, 0.6) is 0 Å². The molecule has 126 valence electrons. The van der Waals surface area contributed by atoms with E-state index in [0.717, 1.165) is 12.7 Å². The van der Waals surface area contributed by atoms with Gasteiger partial charge in [-0.15, -0.1) is 0 Å². The summed E-state index contributed by atoms with van der Waals surface area (Å²) in [7, 11) is 0. The minimum atomic E-state index is -0.697. The van der Waals surface area contributed by atoms with Crippen molar-refractivity contribution in [2.24, 2.45) is 11.8 Å². The minimum absolute atomic E-state index is 0.0874. The zero-order chi connectivity index (χ0) is 16.5. The molecule has 1 aliphatic heterocycles. The van der Waals surface area contributed by atoms with Gasteiger partial charge in [-0.05, 0) is 52.9 Å². The van der Waals surface area contributed by atoms with Gasteiger partial charge in [0, 0.05) is 6.42 Å². The van der Waals surface area contributed by atoms with E-state index in [1.165, 1.54) is 12.8 Å². The van der Waals surface area contributed by atoms with Gasteiger partial charge in [-0.1, -0.05) is 12.8 Å². The topological polar surface area (TPSA) is 55.8 Å². The van der Waals surface area contributed by atoms with E-state index in [0.29, 0.717) is 18.9 Å². The zero-order valence-corrected chi connectivity index (χ0v) is 14.4. The van der Waals surface area contributed by atoms with Crippen LogP contribution in [0.1, 0.15) is 60.3 Å². The Kier molecular flexibility index (Phi) is 4.85. The molecule has 1 aliphatic carbocycles. The highest BCUT2D eigenvalue weighted by Gasteiger charge is 2.49. The van der Waals surface area contributed by atoms with Gasteiger partial charge in [0.25, 0.3) is 0 Å². The maximum Gasteiger partial charge on any atom is 0.412 e.